The van der Waals surface area contributed by atoms with Crippen LogP contribution in [-0.4, -0.2) is 25.7 Å². The molecular formula is C21H24N2O3. The molecule has 0 bridgehead atoms. The monoisotopic (exact) mass is 352 g/mol. The molecule has 1 aromatic heterocycles. The van der Waals surface area contributed by atoms with Gasteiger partial charge in [0.25, 0.3) is 0 Å². The van der Waals surface area contributed by atoms with Crippen molar-refractivity contribution in [3.63, 3.8) is 0 Å². The molecule has 0 amide bonds. The largest absolute Gasteiger partial charge is 0.496 e. The second-order valence-corrected chi connectivity index (χ2v) is 5.99. The summed E-state index contributed by atoms with van der Waals surface area (Å²) in [6, 6.07) is 15.8. The smallest absolute Gasteiger partial charge is 0.230 e. The van der Waals surface area contributed by atoms with Gasteiger partial charge in [0.1, 0.15) is 17.3 Å². The Labute approximate surface area is 154 Å². The van der Waals surface area contributed by atoms with Crippen LogP contribution in [0.1, 0.15) is 17.0 Å². The number of ether oxygens (including phenoxy) is 2. The van der Waals surface area contributed by atoms with Crippen molar-refractivity contribution in [3.05, 3.63) is 65.5 Å². The maximum atomic E-state index is 5.83. The van der Waals surface area contributed by atoms with Crippen LogP contribution in [0.3, 0.4) is 0 Å². The van der Waals surface area contributed by atoms with Gasteiger partial charge in [0.2, 0.25) is 5.89 Å². The summed E-state index contributed by atoms with van der Waals surface area (Å²) in [5, 5.41) is 3.13. The third kappa shape index (κ3) is 4.24. The van der Waals surface area contributed by atoms with Gasteiger partial charge in [-0.2, -0.15) is 0 Å². The van der Waals surface area contributed by atoms with E-state index in [4.69, 9.17) is 13.9 Å². The standard InChI is InChI=1S/C21H24N2O3/c1-15-19(12-13-25-17-10-8-16(9-11-17)14-22-2)23-21(26-15)18-6-4-5-7-20(18)24-3/h4-11,22H,12-14H2,1-3H3. The number of nitrogens with one attached hydrogen (secondary N) is 1. The molecule has 136 valence electrons. The number of aromatic nitrogens is 1. The van der Waals surface area contributed by atoms with E-state index in [1.807, 2.05) is 50.4 Å². The number of para-hydroxylation sites is 1. The Bertz CT molecular complexity index is 841. The molecule has 1 heterocycles. The summed E-state index contributed by atoms with van der Waals surface area (Å²) in [5.74, 6) is 2.99. The van der Waals surface area contributed by atoms with Crippen molar-refractivity contribution in [2.75, 3.05) is 20.8 Å². The second-order valence-electron chi connectivity index (χ2n) is 5.99. The van der Waals surface area contributed by atoms with Crippen LogP contribution in [0, 0.1) is 6.92 Å². The number of oxazole rings is 1. The Balaban J connectivity index is 1.63. The lowest BCUT2D eigenvalue weighted by Crippen LogP contribution is -2.05. The lowest BCUT2D eigenvalue weighted by molar-refractivity contribution is 0.320. The molecule has 0 unspecified atom stereocenters. The quantitative estimate of drug-likeness (QED) is 0.664. The Morgan fingerprint density at radius 2 is 1.85 bits per heavy atom. The Morgan fingerprint density at radius 1 is 1.08 bits per heavy atom. The lowest BCUT2D eigenvalue weighted by Gasteiger charge is -2.06. The number of nitrogens with zero attached hydrogens (tertiary/aromatic N) is 1. The molecule has 0 aliphatic carbocycles. The third-order valence-electron chi connectivity index (χ3n) is 4.14. The highest BCUT2D eigenvalue weighted by atomic mass is 16.5. The van der Waals surface area contributed by atoms with Crippen molar-refractivity contribution in [1.29, 1.82) is 0 Å². The van der Waals surface area contributed by atoms with Gasteiger partial charge < -0.3 is 19.2 Å². The van der Waals surface area contributed by atoms with Crippen molar-refractivity contribution in [2.45, 2.75) is 19.9 Å². The molecule has 0 saturated carbocycles. The van der Waals surface area contributed by atoms with Gasteiger partial charge in [-0.3, -0.25) is 0 Å². The average molecular weight is 352 g/mol. The minimum Gasteiger partial charge on any atom is -0.496 e. The van der Waals surface area contributed by atoms with E-state index < -0.39 is 0 Å². The molecule has 26 heavy (non-hydrogen) atoms. The first-order valence-corrected chi connectivity index (χ1v) is 8.67. The van der Waals surface area contributed by atoms with Gasteiger partial charge in [0, 0.05) is 13.0 Å². The topological polar surface area (TPSA) is 56.5 Å². The maximum absolute atomic E-state index is 5.83. The Morgan fingerprint density at radius 3 is 2.58 bits per heavy atom. The fraction of sp³-hybridized carbons (Fsp3) is 0.286. The predicted octanol–water partition coefficient (Wildman–Crippen LogP) is 4.00. The van der Waals surface area contributed by atoms with Crippen molar-refractivity contribution in [2.24, 2.45) is 0 Å². The van der Waals surface area contributed by atoms with Gasteiger partial charge in [-0.25, -0.2) is 4.98 Å². The number of hydrogen-bond donors (Lipinski definition) is 1. The van der Waals surface area contributed by atoms with Crippen molar-refractivity contribution >= 4 is 0 Å². The number of aryl methyl sites for hydroxylation is 1. The molecule has 3 rings (SSSR count). The van der Waals surface area contributed by atoms with E-state index in [9.17, 15) is 0 Å². The first kappa shape index (κ1) is 18.0. The maximum Gasteiger partial charge on any atom is 0.230 e. The van der Waals surface area contributed by atoms with E-state index in [1.165, 1.54) is 5.56 Å². The fourth-order valence-electron chi connectivity index (χ4n) is 2.77. The molecule has 3 aromatic rings. The van der Waals surface area contributed by atoms with E-state index in [0.29, 0.717) is 18.9 Å². The SMILES string of the molecule is CNCc1ccc(OCCc2nc(-c3ccccc3OC)oc2C)cc1. The summed E-state index contributed by atoms with van der Waals surface area (Å²) in [7, 11) is 3.58. The van der Waals surface area contributed by atoms with Crippen LogP contribution in [0.5, 0.6) is 11.5 Å². The van der Waals surface area contributed by atoms with E-state index in [1.54, 1.807) is 7.11 Å². The number of benzene rings is 2. The first-order chi connectivity index (χ1) is 12.7. The summed E-state index contributed by atoms with van der Waals surface area (Å²) in [4.78, 5) is 4.62. The zero-order valence-corrected chi connectivity index (χ0v) is 15.4. The first-order valence-electron chi connectivity index (χ1n) is 8.67. The van der Waals surface area contributed by atoms with E-state index >= 15 is 0 Å². The Hall–Kier alpha value is -2.79. The van der Waals surface area contributed by atoms with Crippen LogP contribution in [0.25, 0.3) is 11.5 Å². The summed E-state index contributed by atoms with van der Waals surface area (Å²) < 4.78 is 17.1. The third-order valence-corrected chi connectivity index (χ3v) is 4.14. The van der Waals surface area contributed by atoms with Crippen LogP contribution < -0.4 is 14.8 Å². The number of rotatable bonds is 8. The van der Waals surface area contributed by atoms with Crippen LogP contribution in [0.2, 0.25) is 0 Å². The molecule has 2 aromatic carbocycles. The highest BCUT2D eigenvalue weighted by Gasteiger charge is 2.14. The molecule has 0 atom stereocenters. The van der Waals surface area contributed by atoms with Crippen molar-refractivity contribution < 1.29 is 13.9 Å². The van der Waals surface area contributed by atoms with Crippen LogP contribution in [0.4, 0.5) is 0 Å². The summed E-state index contributed by atoms with van der Waals surface area (Å²) in [5.41, 5.74) is 2.98. The molecule has 0 aliphatic heterocycles. The summed E-state index contributed by atoms with van der Waals surface area (Å²) in [6.07, 6.45) is 0.683. The lowest BCUT2D eigenvalue weighted by atomic mass is 10.2. The summed E-state index contributed by atoms with van der Waals surface area (Å²) in [6.45, 7) is 3.32. The van der Waals surface area contributed by atoms with Gasteiger partial charge in [-0.05, 0) is 43.8 Å². The molecule has 0 aliphatic rings. The average Bonchev–Trinajstić information content (AvgIpc) is 3.04. The Kier molecular flexibility index (Phi) is 5.92. The minimum atomic E-state index is 0.546. The van der Waals surface area contributed by atoms with Gasteiger partial charge in [-0.1, -0.05) is 24.3 Å². The molecular weight excluding hydrogens is 328 g/mol. The number of hydrogen-bond acceptors (Lipinski definition) is 5. The number of methoxy groups -OCH3 is 1. The van der Waals surface area contributed by atoms with E-state index in [0.717, 1.165) is 35.1 Å². The van der Waals surface area contributed by atoms with Crippen LogP contribution in [-0.2, 0) is 13.0 Å². The molecule has 0 radical (unpaired) electrons. The second kappa shape index (κ2) is 8.54. The zero-order chi connectivity index (χ0) is 18.4. The zero-order valence-electron chi connectivity index (χ0n) is 15.4. The highest BCUT2D eigenvalue weighted by molar-refractivity contribution is 5.62. The molecule has 5 heteroatoms. The van der Waals surface area contributed by atoms with Gasteiger partial charge in [-0.15, -0.1) is 0 Å². The van der Waals surface area contributed by atoms with Crippen molar-refractivity contribution in [1.82, 2.24) is 10.3 Å². The summed E-state index contributed by atoms with van der Waals surface area (Å²) >= 11 is 0. The fourth-order valence-corrected chi connectivity index (χ4v) is 2.77. The molecule has 0 saturated heterocycles. The molecule has 1 N–H and O–H groups in total. The van der Waals surface area contributed by atoms with Gasteiger partial charge in [0.15, 0.2) is 0 Å². The minimum absolute atomic E-state index is 0.546. The highest BCUT2D eigenvalue weighted by Crippen LogP contribution is 2.30. The van der Waals surface area contributed by atoms with E-state index in [2.05, 4.69) is 22.4 Å². The predicted molar refractivity (Wildman–Crippen MR) is 102 cm³/mol. The normalized spacial score (nSPS) is 10.7. The molecule has 5 nitrogen and oxygen atoms in total. The molecule has 0 fully saturated rings. The van der Waals surface area contributed by atoms with Crippen LogP contribution >= 0.6 is 0 Å². The van der Waals surface area contributed by atoms with E-state index in [-0.39, 0.29) is 0 Å². The van der Waals surface area contributed by atoms with Gasteiger partial charge in [0.05, 0.1) is 25.0 Å². The molecule has 0 spiro atoms. The van der Waals surface area contributed by atoms with Crippen LogP contribution in [0.15, 0.2) is 52.9 Å². The van der Waals surface area contributed by atoms with Crippen molar-refractivity contribution in [3.8, 4) is 23.0 Å². The van der Waals surface area contributed by atoms with Gasteiger partial charge >= 0.3 is 0 Å².